The summed E-state index contributed by atoms with van der Waals surface area (Å²) in [6.45, 7) is 12.1. The standard InChI is InChI=1S/C13H25N/c1-6-8-9-13(4,5)11-12(3)14-10-7-2/h12,14H,7,9-11H2,1-5H3. The highest BCUT2D eigenvalue weighted by Crippen LogP contribution is 2.25. The lowest BCUT2D eigenvalue weighted by atomic mass is 9.83. The van der Waals surface area contributed by atoms with E-state index < -0.39 is 0 Å². The molecular weight excluding hydrogens is 170 g/mol. The molecule has 0 aromatic heterocycles. The van der Waals surface area contributed by atoms with E-state index in [4.69, 9.17) is 0 Å². The van der Waals surface area contributed by atoms with E-state index >= 15 is 0 Å². The highest BCUT2D eigenvalue weighted by molar-refractivity contribution is 4.99. The Bertz CT molecular complexity index is 195. The molecule has 14 heavy (non-hydrogen) atoms. The molecule has 1 nitrogen and oxygen atoms in total. The van der Waals surface area contributed by atoms with Gasteiger partial charge in [-0.2, -0.15) is 0 Å². The first kappa shape index (κ1) is 13.5. The average molecular weight is 195 g/mol. The van der Waals surface area contributed by atoms with E-state index in [1.54, 1.807) is 0 Å². The van der Waals surface area contributed by atoms with Crippen molar-refractivity contribution in [1.82, 2.24) is 5.32 Å². The molecule has 82 valence electrons. The zero-order valence-corrected chi connectivity index (χ0v) is 10.4. The van der Waals surface area contributed by atoms with Gasteiger partial charge in [-0.3, -0.25) is 0 Å². The number of hydrogen-bond acceptors (Lipinski definition) is 1. The van der Waals surface area contributed by atoms with Crippen molar-refractivity contribution in [3.05, 3.63) is 0 Å². The van der Waals surface area contributed by atoms with Crippen molar-refractivity contribution in [2.45, 2.75) is 59.9 Å². The molecule has 0 aromatic carbocycles. The van der Waals surface area contributed by atoms with Gasteiger partial charge >= 0.3 is 0 Å². The first-order valence-electron chi connectivity index (χ1n) is 5.65. The third kappa shape index (κ3) is 6.97. The Kier molecular flexibility index (Phi) is 6.66. The summed E-state index contributed by atoms with van der Waals surface area (Å²) in [5.74, 6) is 6.14. The molecule has 0 heterocycles. The minimum absolute atomic E-state index is 0.336. The summed E-state index contributed by atoms with van der Waals surface area (Å²) < 4.78 is 0. The molecule has 1 atom stereocenters. The van der Waals surface area contributed by atoms with Gasteiger partial charge in [-0.25, -0.2) is 0 Å². The van der Waals surface area contributed by atoms with Crippen LogP contribution in [0.2, 0.25) is 0 Å². The average Bonchev–Trinajstić information content (AvgIpc) is 2.11. The fraction of sp³-hybridized carbons (Fsp3) is 0.846. The van der Waals surface area contributed by atoms with E-state index in [2.05, 4.69) is 44.9 Å². The van der Waals surface area contributed by atoms with Gasteiger partial charge < -0.3 is 5.32 Å². The van der Waals surface area contributed by atoms with Crippen LogP contribution in [0, 0.1) is 17.3 Å². The summed E-state index contributed by atoms with van der Waals surface area (Å²) in [4.78, 5) is 0. The maximum atomic E-state index is 3.52. The Labute approximate surface area is 89.7 Å². The van der Waals surface area contributed by atoms with Crippen LogP contribution in [0.5, 0.6) is 0 Å². The molecule has 0 aromatic rings. The lowest BCUT2D eigenvalue weighted by Gasteiger charge is -2.26. The van der Waals surface area contributed by atoms with E-state index in [1.165, 1.54) is 12.8 Å². The van der Waals surface area contributed by atoms with Crippen molar-refractivity contribution in [2.75, 3.05) is 6.54 Å². The summed E-state index contributed by atoms with van der Waals surface area (Å²) in [6, 6.07) is 0.601. The largest absolute Gasteiger partial charge is 0.314 e. The second-order valence-corrected chi connectivity index (χ2v) is 4.83. The molecule has 0 aliphatic heterocycles. The van der Waals surface area contributed by atoms with Crippen molar-refractivity contribution < 1.29 is 0 Å². The van der Waals surface area contributed by atoms with Gasteiger partial charge in [-0.05, 0) is 38.6 Å². The molecule has 0 saturated heterocycles. The van der Waals surface area contributed by atoms with E-state index in [0.29, 0.717) is 11.5 Å². The summed E-state index contributed by atoms with van der Waals surface area (Å²) in [6.07, 6.45) is 3.41. The van der Waals surface area contributed by atoms with Crippen LogP contribution in [-0.2, 0) is 0 Å². The molecular formula is C13H25N. The zero-order chi connectivity index (χ0) is 11.0. The van der Waals surface area contributed by atoms with Crippen LogP contribution in [-0.4, -0.2) is 12.6 Å². The fourth-order valence-corrected chi connectivity index (χ4v) is 1.69. The van der Waals surface area contributed by atoms with Gasteiger partial charge in [0.1, 0.15) is 0 Å². The second kappa shape index (κ2) is 6.90. The summed E-state index contributed by atoms with van der Waals surface area (Å²) in [5.41, 5.74) is 0.336. The lowest BCUT2D eigenvalue weighted by molar-refractivity contribution is 0.296. The maximum absolute atomic E-state index is 3.52. The molecule has 0 rings (SSSR count). The Balaban J connectivity index is 3.85. The van der Waals surface area contributed by atoms with Crippen LogP contribution in [0.15, 0.2) is 0 Å². The zero-order valence-electron chi connectivity index (χ0n) is 10.4. The third-order valence-corrected chi connectivity index (χ3v) is 2.35. The Hall–Kier alpha value is -0.480. The summed E-state index contributed by atoms with van der Waals surface area (Å²) >= 11 is 0. The van der Waals surface area contributed by atoms with Gasteiger partial charge in [-0.1, -0.05) is 20.8 Å². The smallest absolute Gasteiger partial charge is 0.0140 e. The highest BCUT2D eigenvalue weighted by atomic mass is 14.9. The fourth-order valence-electron chi connectivity index (χ4n) is 1.69. The molecule has 0 radical (unpaired) electrons. The number of nitrogens with one attached hydrogen (secondary N) is 1. The molecule has 1 unspecified atom stereocenters. The summed E-state index contributed by atoms with van der Waals surface area (Å²) in [7, 11) is 0. The van der Waals surface area contributed by atoms with Gasteiger partial charge in [0, 0.05) is 12.5 Å². The van der Waals surface area contributed by atoms with Crippen molar-refractivity contribution in [1.29, 1.82) is 0 Å². The predicted molar refractivity (Wildman–Crippen MR) is 64.2 cm³/mol. The van der Waals surface area contributed by atoms with Gasteiger partial charge in [0.2, 0.25) is 0 Å². The van der Waals surface area contributed by atoms with Crippen LogP contribution in [0.1, 0.15) is 53.9 Å². The minimum Gasteiger partial charge on any atom is -0.314 e. The third-order valence-electron chi connectivity index (χ3n) is 2.35. The lowest BCUT2D eigenvalue weighted by Crippen LogP contribution is -2.31. The molecule has 0 amide bonds. The molecule has 1 heteroatoms. The van der Waals surface area contributed by atoms with Crippen LogP contribution < -0.4 is 5.32 Å². The SMILES string of the molecule is CC#CCC(C)(C)CC(C)NCCC. The Morgan fingerprint density at radius 3 is 2.50 bits per heavy atom. The van der Waals surface area contributed by atoms with Gasteiger partial charge in [0.05, 0.1) is 0 Å². The molecule has 0 saturated carbocycles. The first-order chi connectivity index (χ1) is 6.52. The van der Waals surface area contributed by atoms with Crippen LogP contribution in [0.25, 0.3) is 0 Å². The Morgan fingerprint density at radius 1 is 1.36 bits per heavy atom. The van der Waals surface area contributed by atoms with E-state index in [-0.39, 0.29) is 0 Å². The van der Waals surface area contributed by atoms with E-state index in [0.717, 1.165) is 13.0 Å². The van der Waals surface area contributed by atoms with Gasteiger partial charge in [-0.15, -0.1) is 11.8 Å². The highest BCUT2D eigenvalue weighted by Gasteiger charge is 2.19. The first-order valence-corrected chi connectivity index (χ1v) is 5.65. The van der Waals surface area contributed by atoms with E-state index in [1.807, 2.05) is 6.92 Å². The topological polar surface area (TPSA) is 12.0 Å². The summed E-state index contributed by atoms with van der Waals surface area (Å²) in [5, 5.41) is 3.52. The van der Waals surface area contributed by atoms with Crippen molar-refractivity contribution in [2.24, 2.45) is 5.41 Å². The van der Waals surface area contributed by atoms with Crippen molar-refractivity contribution >= 4 is 0 Å². The predicted octanol–water partition coefficient (Wildman–Crippen LogP) is 3.20. The van der Waals surface area contributed by atoms with Gasteiger partial charge in [0.15, 0.2) is 0 Å². The molecule has 0 spiro atoms. The van der Waals surface area contributed by atoms with Crippen LogP contribution in [0.4, 0.5) is 0 Å². The molecule has 0 bridgehead atoms. The Morgan fingerprint density at radius 2 is 2.00 bits per heavy atom. The van der Waals surface area contributed by atoms with E-state index in [9.17, 15) is 0 Å². The monoisotopic (exact) mass is 195 g/mol. The molecule has 0 fully saturated rings. The number of rotatable bonds is 6. The van der Waals surface area contributed by atoms with Gasteiger partial charge in [0.25, 0.3) is 0 Å². The quantitative estimate of drug-likeness (QED) is 0.642. The maximum Gasteiger partial charge on any atom is 0.0140 e. The molecule has 0 aliphatic rings. The molecule has 0 aliphatic carbocycles. The second-order valence-electron chi connectivity index (χ2n) is 4.83. The van der Waals surface area contributed by atoms with Crippen molar-refractivity contribution in [3.8, 4) is 11.8 Å². The number of hydrogen-bond donors (Lipinski definition) is 1. The molecule has 1 N–H and O–H groups in total. The van der Waals surface area contributed by atoms with Crippen molar-refractivity contribution in [3.63, 3.8) is 0 Å². The minimum atomic E-state index is 0.336. The van der Waals surface area contributed by atoms with Crippen LogP contribution in [0.3, 0.4) is 0 Å². The normalized spacial score (nSPS) is 13.2. The van der Waals surface area contributed by atoms with Crippen LogP contribution >= 0.6 is 0 Å².